The molecule has 0 aromatic heterocycles. The Morgan fingerprint density at radius 3 is 2.50 bits per heavy atom. The highest BCUT2D eigenvalue weighted by atomic mass is 19.4. The van der Waals surface area contributed by atoms with Crippen molar-refractivity contribution in [3.05, 3.63) is 29.3 Å². The molecule has 0 spiro atoms. The van der Waals surface area contributed by atoms with Crippen LogP contribution in [-0.4, -0.2) is 6.61 Å². The van der Waals surface area contributed by atoms with Crippen LogP contribution in [0.1, 0.15) is 37.3 Å². The number of ether oxygens (including phenoxy) is 1. The Bertz CT molecular complexity index is 377. The van der Waals surface area contributed by atoms with Gasteiger partial charge in [-0.25, -0.2) is 0 Å². The summed E-state index contributed by atoms with van der Waals surface area (Å²) in [6, 6.07) is 3.42. The molecule has 0 aliphatic heterocycles. The van der Waals surface area contributed by atoms with Gasteiger partial charge in [-0.05, 0) is 24.6 Å². The van der Waals surface area contributed by atoms with Gasteiger partial charge in [0.15, 0.2) is 0 Å². The van der Waals surface area contributed by atoms with Crippen molar-refractivity contribution < 1.29 is 17.9 Å². The summed E-state index contributed by atoms with van der Waals surface area (Å²) in [5, 5.41) is 0. The Labute approximate surface area is 105 Å². The van der Waals surface area contributed by atoms with E-state index >= 15 is 0 Å². The van der Waals surface area contributed by atoms with Crippen LogP contribution < -0.4 is 10.5 Å². The van der Waals surface area contributed by atoms with Crippen molar-refractivity contribution in [3.8, 4) is 5.75 Å². The molecule has 0 bridgehead atoms. The van der Waals surface area contributed by atoms with Crippen LogP contribution in [0.4, 0.5) is 13.2 Å². The molecule has 0 fully saturated rings. The first kappa shape index (κ1) is 14.8. The van der Waals surface area contributed by atoms with Gasteiger partial charge in [0.1, 0.15) is 5.75 Å². The molecule has 0 unspecified atom stereocenters. The smallest absolute Gasteiger partial charge is 0.416 e. The van der Waals surface area contributed by atoms with Crippen LogP contribution in [0, 0.1) is 0 Å². The molecule has 0 atom stereocenters. The van der Waals surface area contributed by atoms with Crippen LogP contribution in [0.3, 0.4) is 0 Å². The number of rotatable bonds is 6. The summed E-state index contributed by atoms with van der Waals surface area (Å²) in [4.78, 5) is 0. The summed E-state index contributed by atoms with van der Waals surface area (Å²) in [6.45, 7) is 2.61. The van der Waals surface area contributed by atoms with Gasteiger partial charge in [0.25, 0.3) is 0 Å². The average Bonchev–Trinajstić information content (AvgIpc) is 2.33. The molecule has 1 rings (SSSR count). The maximum Gasteiger partial charge on any atom is 0.416 e. The summed E-state index contributed by atoms with van der Waals surface area (Å²) in [7, 11) is 0. The van der Waals surface area contributed by atoms with Gasteiger partial charge in [-0.3, -0.25) is 0 Å². The van der Waals surface area contributed by atoms with Gasteiger partial charge in [0.2, 0.25) is 0 Å². The molecule has 0 heterocycles. The van der Waals surface area contributed by atoms with E-state index < -0.39 is 11.7 Å². The molecule has 1 aromatic rings. The van der Waals surface area contributed by atoms with Crippen molar-refractivity contribution in [2.24, 2.45) is 5.73 Å². The Morgan fingerprint density at radius 2 is 1.94 bits per heavy atom. The molecular formula is C13H18F3NO. The zero-order chi connectivity index (χ0) is 13.6. The van der Waals surface area contributed by atoms with Crippen LogP contribution in [0.5, 0.6) is 5.75 Å². The van der Waals surface area contributed by atoms with Crippen molar-refractivity contribution in [3.63, 3.8) is 0 Å². The minimum atomic E-state index is -4.34. The quantitative estimate of drug-likeness (QED) is 0.792. The third-order valence-electron chi connectivity index (χ3n) is 2.61. The highest BCUT2D eigenvalue weighted by Gasteiger charge is 2.30. The van der Waals surface area contributed by atoms with Gasteiger partial charge in [0, 0.05) is 12.1 Å². The van der Waals surface area contributed by atoms with Crippen LogP contribution in [-0.2, 0) is 12.7 Å². The predicted octanol–water partition coefficient (Wildman–Crippen LogP) is 3.73. The molecule has 5 heteroatoms. The Kier molecular flexibility index (Phi) is 5.47. The highest BCUT2D eigenvalue weighted by molar-refractivity contribution is 5.38. The van der Waals surface area contributed by atoms with Crippen molar-refractivity contribution in [2.75, 3.05) is 6.61 Å². The molecule has 18 heavy (non-hydrogen) atoms. The zero-order valence-corrected chi connectivity index (χ0v) is 10.4. The number of nitrogens with two attached hydrogens (primary N) is 1. The van der Waals surface area contributed by atoms with Crippen LogP contribution in [0.2, 0.25) is 0 Å². The number of halogens is 3. The third kappa shape index (κ3) is 4.22. The number of alkyl halides is 3. The SMILES string of the molecule is CCCCCOc1ccc(C(F)(F)F)cc1CN. The Balaban J connectivity index is 2.74. The first-order valence-corrected chi connectivity index (χ1v) is 6.02. The fourth-order valence-corrected chi connectivity index (χ4v) is 1.59. The van der Waals surface area contributed by atoms with E-state index in [4.69, 9.17) is 10.5 Å². The molecule has 0 saturated carbocycles. The summed E-state index contributed by atoms with van der Waals surface area (Å²) >= 11 is 0. The summed E-state index contributed by atoms with van der Waals surface area (Å²) < 4.78 is 43.0. The molecule has 0 saturated heterocycles. The van der Waals surface area contributed by atoms with Gasteiger partial charge in [-0.1, -0.05) is 19.8 Å². The van der Waals surface area contributed by atoms with Gasteiger partial charge < -0.3 is 10.5 Å². The van der Waals surface area contributed by atoms with Gasteiger partial charge in [-0.2, -0.15) is 13.2 Å². The lowest BCUT2D eigenvalue weighted by atomic mass is 10.1. The van der Waals surface area contributed by atoms with Crippen LogP contribution >= 0.6 is 0 Å². The normalized spacial score (nSPS) is 11.6. The lowest BCUT2D eigenvalue weighted by Gasteiger charge is -2.13. The van der Waals surface area contributed by atoms with Crippen molar-refractivity contribution >= 4 is 0 Å². The molecule has 0 aliphatic carbocycles. The molecule has 0 amide bonds. The first-order chi connectivity index (χ1) is 8.49. The lowest BCUT2D eigenvalue weighted by molar-refractivity contribution is -0.137. The Morgan fingerprint density at radius 1 is 1.22 bits per heavy atom. The molecular weight excluding hydrogens is 243 g/mol. The number of benzene rings is 1. The second kappa shape index (κ2) is 6.64. The first-order valence-electron chi connectivity index (χ1n) is 6.02. The summed E-state index contributed by atoms with van der Waals surface area (Å²) in [5.41, 5.74) is 5.15. The monoisotopic (exact) mass is 261 g/mol. The van der Waals surface area contributed by atoms with Gasteiger partial charge >= 0.3 is 6.18 Å². The van der Waals surface area contributed by atoms with Gasteiger partial charge in [-0.15, -0.1) is 0 Å². The topological polar surface area (TPSA) is 35.2 Å². The van der Waals surface area contributed by atoms with E-state index in [1.807, 2.05) is 0 Å². The van der Waals surface area contributed by atoms with Crippen molar-refractivity contribution in [1.29, 1.82) is 0 Å². The number of hydrogen-bond donors (Lipinski definition) is 1. The molecule has 2 nitrogen and oxygen atoms in total. The minimum Gasteiger partial charge on any atom is -0.493 e. The van der Waals surface area contributed by atoms with E-state index in [2.05, 4.69) is 6.92 Å². The maximum atomic E-state index is 12.5. The highest BCUT2D eigenvalue weighted by Crippen LogP contribution is 2.32. The van der Waals surface area contributed by atoms with E-state index in [1.54, 1.807) is 0 Å². The second-order valence-electron chi connectivity index (χ2n) is 4.08. The van der Waals surface area contributed by atoms with E-state index in [-0.39, 0.29) is 6.54 Å². The average molecular weight is 261 g/mol. The summed E-state index contributed by atoms with van der Waals surface area (Å²) in [6.07, 6.45) is -1.34. The number of hydrogen-bond acceptors (Lipinski definition) is 2. The van der Waals surface area contributed by atoms with Crippen LogP contribution in [0.25, 0.3) is 0 Å². The van der Waals surface area contributed by atoms with E-state index in [1.165, 1.54) is 6.07 Å². The minimum absolute atomic E-state index is 0.0348. The van der Waals surface area contributed by atoms with Crippen molar-refractivity contribution in [2.45, 2.75) is 38.9 Å². The standard InChI is InChI=1S/C13H18F3NO/c1-2-3-4-7-18-12-6-5-11(13(14,15)16)8-10(12)9-17/h5-6,8H,2-4,7,9,17H2,1H3. The fraction of sp³-hybridized carbons (Fsp3) is 0.538. The van der Waals surface area contributed by atoms with Gasteiger partial charge in [0.05, 0.1) is 12.2 Å². The van der Waals surface area contributed by atoms with E-state index in [0.717, 1.165) is 31.4 Å². The molecule has 0 radical (unpaired) electrons. The maximum absolute atomic E-state index is 12.5. The molecule has 0 aliphatic rings. The Hall–Kier alpha value is -1.23. The molecule has 2 N–H and O–H groups in total. The molecule has 1 aromatic carbocycles. The fourth-order valence-electron chi connectivity index (χ4n) is 1.59. The third-order valence-corrected chi connectivity index (χ3v) is 2.61. The van der Waals surface area contributed by atoms with Crippen LogP contribution in [0.15, 0.2) is 18.2 Å². The molecule has 102 valence electrons. The van der Waals surface area contributed by atoms with E-state index in [9.17, 15) is 13.2 Å². The van der Waals surface area contributed by atoms with Crippen molar-refractivity contribution in [1.82, 2.24) is 0 Å². The predicted molar refractivity (Wildman–Crippen MR) is 64.4 cm³/mol. The summed E-state index contributed by atoms with van der Waals surface area (Å²) in [5.74, 6) is 0.446. The number of unbranched alkanes of at least 4 members (excludes halogenated alkanes) is 2. The largest absolute Gasteiger partial charge is 0.493 e. The van der Waals surface area contributed by atoms with E-state index in [0.29, 0.717) is 17.9 Å². The second-order valence-corrected chi connectivity index (χ2v) is 4.08. The zero-order valence-electron chi connectivity index (χ0n) is 10.4. The lowest BCUT2D eigenvalue weighted by Crippen LogP contribution is -2.09.